The molecule has 6 heteroatoms. The van der Waals surface area contributed by atoms with Crippen molar-refractivity contribution in [2.75, 3.05) is 32.1 Å². The average Bonchev–Trinajstić information content (AvgIpc) is 3.37. The molecule has 0 radical (unpaired) electrons. The minimum Gasteiger partial charge on any atom is -0.368 e. The van der Waals surface area contributed by atoms with Crippen molar-refractivity contribution in [1.29, 1.82) is 0 Å². The van der Waals surface area contributed by atoms with Gasteiger partial charge in [0.25, 0.3) is 5.91 Å². The number of aromatic nitrogens is 2. The molecule has 1 aliphatic carbocycles. The molecule has 2 aliphatic rings. The molecule has 0 spiro atoms. The molecule has 2 fully saturated rings. The van der Waals surface area contributed by atoms with E-state index in [2.05, 4.69) is 32.9 Å². The summed E-state index contributed by atoms with van der Waals surface area (Å²) >= 11 is 0. The van der Waals surface area contributed by atoms with Gasteiger partial charge in [0.1, 0.15) is 6.61 Å². The number of amides is 1. The standard InChI is InChI=1S/C19H26N4O2/c1-22-10-8-15(9-11-22)25-13-18(24)21-19-20-16-4-2-3-5-17(16)23(19)12-14-6-7-14/h2-5,14-15H,6-13H2,1H3,(H,20,21,24). The maximum absolute atomic E-state index is 12.4. The third-order valence-corrected chi connectivity index (χ3v) is 5.16. The summed E-state index contributed by atoms with van der Waals surface area (Å²) in [4.78, 5) is 19.2. The molecule has 1 aromatic heterocycles. The lowest BCUT2D eigenvalue weighted by molar-refractivity contribution is -0.123. The molecule has 0 unspecified atom stereocenters. The summed E-state index contributed by atoms with van der Waals surface area (Å²) in [6, 6.07) is 8.05. The van der Waals surface area contributed by atoms with E-state index >= 15 is 0 Å². The topological polar surface area (TPSA) is 59.4 Å². The van der Waals surface area contributed by atoms with Crippen LogP contribution in [0.2, 0.25) is 0 Å². The first-order valence-electron chi connectivity index (χ1n) is 9.24. The van der Waals surface area contributed by atoms with Crippen LogP contribution in [0.1, 0.15) is 25.7 Å². The van der Waals surface area contributed by atoms with Gasteiger partial charge in [-0.1, -0.05) is 12.1 Å². The number of para-hydroxylation sites is 2. The molecule has 4 rings (SSSR count). The van der Waals surface area contributed by atoms with Crippen molar-refractivity contribution in [1.82, 2.24) is 14.5 Å². The number of fused-ring (bicyclic) bond motifs is 1. The lowest BCUT2D eigenvalue weighted by atomic mass is 10.1. The zero-order valence-corrected chi connectivity index (χ0v) is 14.8. The second kappa shape index (κ2) is 7.14. The number of imidazole rings is 1. The summed E-state index contributed by atoms with van der Waals surface area (Å²) in [5, 5.41) is 2.96. The molecule has 25 heavy (non-hydrogen) atoms. The molecule has 1 aliphatic heterocycles. The van der Waals surface area contributed by atoms with Crippen LogP contribution in [0.4, 0.5) is 5.95 Å². The van der Waals surface area contributed by atoms with Crippen molar-refractivity contribution in [2.24, 2.45) is 5.92 Å². The molecular weight excluding hydrogens is 316 g/mol. The number of nitrogens with zero attached hydrogens (tertiary/aromatic N) is 3. The number of anilines is 1. The van der Waals surface area contributed by atoms with Crippen molar-refractivity contribution < 1.29 is 9.53 Å². The number of benzene rings is 1. The Kier molecular flexibility index (Phi) is 4.72. The van der Waals surface area contributed by atoms with Crippen LogP contribution in [-0.4, -0.2) is 53.2 Å². The summed E-state index contributed by atoms with van der Waals surface area (Å²) in [5.41, 5.74) is 2.01. The summed E-state index contributed by atoms with van der Waals surface area (Å²) in [7, 11) is 2.12. The number of hydrogen-bond acceptors (Lipinski definition) is 4. The molecule has 1 aromatic carbocycles. The van der Waals surface area contributed by atoms with Crippen LogP contribution >= 0.6 is 0 Å². The number of hydrogen-bond donors (Lipinski definition) is 1. The number of nitrogens with one attached hydrogen (secondary N) is 1. The number of ether oxygens (including phenoxy) is 1. The Morgan fingerprint density at radius 1 is 1.24 bits per heavy atom. The highest BCUT2D eigenvalue weighted by molar-refractivity contribution is 5.92. The zero-order chi connectivity index (χ0) is 17.2. The van der Waals surface area contributed by atoms with E-state index in [1.807, 2.05) is 18.2 Å². The van der Waals surface area contributed by atoms with Crippen LogP contribution in [0.5, 0.6) is 0 Å². The molecule has 1 N–H and O–H groups in total. The van der Waals surface area contributed by atoms with E-state index in [1.54, 1.807) is 0 Å². The predicted octanol–water partition coefficient (Wildman–Crippen LogP) is 2.50. The third kappa shape index (κ3) is 4.02. The Labute approximate surface area is 148 Å². The summed E-state index contributed by atoms with van der Waals surface area (Å²) in [6.45, 7) is 3.08. The van der Waals surface area contributed by atoms with Gasteiger partial charge in [0, 0.05) is 19.6 Å². The molecule has 2 heterocycles. The number of carbonyl (C=O) groups excluding carboxylic acids is 1. The predicted molar refractivity (Wildman–Crippen MR) is 97.6 cm³/mol. The Hall–Kier alpha value is -1.92. The second-order valence-electron chi connectivity index (χ2n) is 7.34. The number of piperidine rings is 1. The van der Waals surface area contributed by atoms with E-state index in [-0.39, 0.29) is 18.6 Å². The molecule has 1 amide bonds. The van der Waals surface area contributed by atoms with E-state index in [0.29, 0.717) is 11.9 Å². The minimum absolute atomic E-state index is 0.0982. The second-order valence-corrected chi connectivity index (χ2v) is 7.34. The van der Waals surface area contributed by atoms with Gasteiger partial charge in [0.05, 0.1) is 17.1 Å². The van der Waals surface area contributed by atoms with E-state index in [0.717, 1.165) is 43.5 Å². The first-order chi connectivity index (χ1) is 12.2. The smallest absolute Gasteiger partial charge is 0.252 e. The van der Waals surface area contributed by atoms with Crippen molar-refractivity contribution in [3.05, 3.63) is 24.3 Å². The third-order valence-electron chi connectivity index (χ3n) is 5.16. The summed E-state index contributed by atoms with van der Waals surface area (Å²) in [6.07, 6.45) is 4.69. The Morgan fingerprint density at radius 2 is 2.00 bits per heavy atom. The van der Waals surface area contributed by atoms with Gasteiger partial charge >= 0.3 is 0 Å². The SMILES string of the molecule is CN1CCC(OCC(=O)Nc2nc3ccccc3n2CC2CC2)CC1. The molecule has 0 atom stereocenters. The fourth-order valence-corrected chi connectivity index (χ4v) is 3.42. The van der Waals surface area contributed by atoms with Crippen LogP contribution in [0.3, 0.4) is 0 Å². The molecule has 6 nitrogen and oxygen atoms in total. The fraction of sp³-hybridized carbons (Fsp3) is 0.579. The lowest BCUT2D eigenvalue weighted by Gasteiger charge is -2.28. The molecule has 1 saturated carbocycles. The van der Waals surface area contributed by atoms with Crippen molar-refractivity contribution in [3.63, 3.8) is 0 Å². The van der Waals surface area contributed by atoms with Gasteiger partial charge in [0.2, 0.25) is 5.95 Å². The quantitative estimate of drug-likeness (QED) is 0.876. The largest absolute Gasteiger partial charge is 0.368 e. The molecule has 2 aromatic rings. The van der Waals surface area contributed by atoms with Crippen LogP contribution in [0.15, 0.2) is 24.3 Å². The Balaban J connectivity index is 1.40. The van der Waals surface area contributed by atoms with Crippen molar-refractivity contribution >= 4 is 22.9 Å². The van der Waals surface area contributed by atoms with Crippen LogP contribution in [0, 0.1) is 5.92 Å². The maximum atomic E-state index is 12.4. The number of carbonyl (C=O) groups is 1. The van der Waals surface area contributed by atoms with Crippen LogP contribution in [0.25, 0.3) is 11.0 Å². The summed E-state index contributed by atoms with van der Waals surface area (Å²) < 4.78 is 7.94. The van der Waals surface area contributed by atoms with Gasteiger partial charge in [-0.25, -0.2) is 4.98 Å². The normalized spacial score (nSPS) is 19.4. The molecule has 134 valence electrons. The van der Waals surface area contributed by atoms with E-state index in [4.69, 9.17) is 4.74 Å². The number of rotatable bonds is 6. The highest BCUT2D eigenvalue weighted by atomic mass is 16.5. The van der Waals surface area contributed by atoms with Gasteiger partial charge in [-0.05, 0) is 50.8 Å². The maximum Gasteiger partial charge on any atom is 0.252 e. The van der Waals surface area contributed by atoms with Gasteiger partial charge in [0.15, 0.2) is 0 Å². The monoisotopic (exact) mass is 342 g/mol. The van der Waals surface area contributed by atoms with E-state index in [1.165, 1.54) is 12.8 Å². The van der Waals surface area contributed by atoms with Gasteiger partial charge in [-0.3, -0.25) is 10.1 Å². The van der Waals surface area contributed by atoms with Crippen LogP contribution < -0.4 is 5.32 Å². The summed E-state index contributed by atoms with van der Waals surface area (Å²) in [5.74, 6) is 1.24. The first-order valence-corrected chi connectivity index (χ1v) is 9.24. The van der Waals surface area contributed by atoms with E-state index < -0.39 is 0 Å². The minimum atomic E-state index is -0.119. The van der Waals surface area contributed by atoms with Crippen LogP contribution in [-0.2, 0) is 16.1 Å². The Bertz CT molecular complexity index is 745. The van der Waals surface area contributed by atoms with Gasteiger partial charge < -0.3 is 14.2 Å². The average molecular weight is 342 g/mol. The highest BCUT2D eigenvalue weighted by Crippen LogP contribution is 2.33. The van der Waals surface area contributed by atoms with Gasteiger partial charge in [-0.2, -0.15) is 0 Å². The Morgan fingerprint density at radius 3 is 2.76 bits per heavy atom. The lowest BCUT2D eigenvalue weighted by Crippen LogP contribution is -2.35. The molecule has 0 bridgehead atoms. The fourth-order valence-electron chi connectivity index (χ4n) is 3.42. The zero-order valence-electron chi connectivity index (χ0n) is 14.8. The van der Waals surface area contributed by atoms with E-state index in [9.17, 15) is 4.79 Å². The molecule has 1 saturated heterocycles. The molecular formula is C19H26N4O2. The number of likely N-dealkylation sites (tertiary alicyclic amines) is 1. The van der Waals surface area contributed by atoms with Crippen molar-refractivity contribution in [3.8, 4) is 0 Å². The highest BCUT2D eigenvalue weighted by Gasteiger charge is 2.25. The van der Waals surface area contributed by atoms with Gasteiger partial charge in [-0.15, -0.1) is 0 Å². The van der Waals surface area contributed by atoms with Crippen molar-refractivity contribution in [2.45, 2.75) is 38.3 Å². The first kappa shape index (κ1) is 16.5.